The smallest absolute Gasteiger partial charge is 0.352 e. The Balaban J connectivity index is 2.11. The van der Waals surface area contributed by atoms with Crippen molar-refractivity contribution in [1.82, 2.24) is 14.9 Å². The number of benzene rings is 1. The van der Waals surface area contributed by atoms with Gasteiger partial charge < -0.3 is 10.2 Å². The van der Waals surface area contributed by atoms with Crippen LogP contribution in [0.2, 0.25) is 0 Å². The van der Waals surface area contributed by atoms with Gasteiger partial charge in [-0.05, 0) is 25.7 Å². The zero-order valence-electron chi connectivity index (χ0n) is 12.3. The topological polar surface area (TPSA) is 41.0 Å². The third kappa shape index (κ3) is 4.17. The molecule has 1 heterocycles. The first kappa shape index (κ1) is 16.2. The zero-order chi connectivity index (χ0) is 16.2. The van der Waals surface area contributed by atoms with E-state index in [1.165, 1.54) is 0 Å². The van der Waals surface area contributed by atoms with Crippen LogP contribution >= 0.6 is 0 Å². The second-order valence-electron chi connectivity index (χ2n) is 5.03. The van der Waals surface area contributed by atoms with Gasteiger partial charge in [0.2, 0.25) is 5.95 Å². The van der Waals surface area contributed by atoms with E-state index in [9.17, 15) is 13.2 Å². The molecular formula is C15H17F3N4. The average molecular weight is 310 g/mol. The number of alkyl halides is 3. The van der Waals surface area contributed by atoms with Gasteiger partial charge in [-0.3, -0.25) is 0 Å². The second kappa shape index (κ2) is 6.74. The zero-order valence-corrected chi connectivity index (χ0v) is 12.3. The first-order valence-electron chi connectivity index (χ1n) is 6.73. The van der Waals surface area contributed by atoms with Gasteiger partial charge in [0.15, 0.2) is 0 Å². The lowest BCUT2D eigenvalue weighted by atomic mass is 10.1. The number of rotatable bonds is 5. The third-order valence-electron chi connectivity index (χ3n) is 3.21. The van der Waals surface area contributed by atoms with Crippen molar-refractivity contribution in [3.05, 3.63) is 53.9 Å². The van der Waals surface area contributed by atoms with Crippen molar-refractivity contribution in [2.45, 2.75) is 12.2 Å². The van der Waals surface area contributed by atoms with E-state index in [-0.39, 0.29) is 12.0 Å². The fraction of sp³-hybridized carbons (Fsp3) is 0.333. The number of likely N-dealkylation sites (N-methyl/N-ethyl adjacent to an activating group) is 1. The fourth-order valence-corrected chi connectivity index (χ4v) is 2.06. The van der Waals surface area contributed by atoms with Gasteiger partial charge in [-0.25, -0.2) is 9.97 Å². The molecule has 22 heavy (non-hydrogen) atoms. The summed E-state index contributed by atoms with van der Waals surface area (Å²) in [6.07, 6.45) is -3.37. The van der Waals surface area contributed by atoms with E-state index >= 15 is 0 Å². The van der Waals surface area contributed by atoms with Gasteiger partial charge in [0, 0.05) is 12.7 Å². The minimum Gasteiger partial charge on any atom is -0.352 e. The maximum Gasteiger partial charge on any atom is 0.433 e. The van der Waals surface area contributed by atoms with Crippen LogP contribution in [0.5, 0.6) is 0 Å². The normalized spacial score (nSPS) is 13.2. The van der Waals surface area contributed by atoms with Gasteiger partial charge in [-0.15, -0.1) is 0 Å². The van der Waals surface area contributed by atoms with Crippen molar-refractivity contribution in [2.75, 3.05) is 26.0 Å². The van der Waals surface area contributed by atoms with Crippen molar-refractivity contribution in [3.8, 4) is 0 Å². The predicted octanol–water partition coefficient (Wildman–Crippen LogP) is 3.21. The van der Waals surface area contributed by atoms with Crippen molar-refractivity contribution in [2.24, 2.45) is 0 Å². The number of anilines is 1. The molecule has 0 aliphatic heterocycles. The molecule has 118 valence electrons. The molecule has 0 aliphatic rings. The Bertz CT molecular complexity index is 599. The minimum atomic E-state index is -4.47. The van der Waals surface area contributed by atoms with Crippen molar-refractivity contribution in [1.29, 1.82) is 0 Å². The summed E-state index contributed by atoms with van der Waals surface area (Å²) in [5.41, 5.74) is 0.109. The largest absolute Gasteiger partial charge is 0.433 e. The van der Waals surface area contributed by atoms with Gasteiger partial charge in [-0.1, -0.05) is 30.3 Å². The maximum absolute atomic E-state index is 12.6. The highest BCUT2D eigenvalue weighted by Gasteiger charge is 2.32. The third-order valence-corrected chi connectivity index (χ3v) is 3.21. The Kier molecular flexibility index (Phi) is 4.97. The summed E-state index contributed by atoms with van der Waals surface area (Å²) < 4.78 is 37.9. The molecule has 7 heteroatoms. The van der Waals surface area contributed by atoms with Crippen LogP contribution in [0.3, 0.4) is 0 Å². The van der Waals surface area contributed by atoms with Gasteiger partial charge in [0.05, 0.1) is 6.04 Å². The van der Waals surface area contributed by atoms with Crippen LogP contribution in [0.1, 0.15) is 17.3 Å². The SMILES string of the molecule is CN(C)C(CNc1nccc(C(F)(F)F)n1)c1ccccc1. The molecule has 1 aromatic carbocycles. The van der Waals surface area contributed by atoms with E-state index in [2.05, 4.69) is 15.3 Å². The number of hydrogen-bond donors (Lipinski definition) is 1. The number of nitrogens with zero attached hydrogens (tertiary/aromatic N) is 3. The van der Waals surface area contributed by atoms with E-state index in [1.807, 2.05) is 49.3 Å². The summed E-state index contributed by atoms with van der Waals surface area (Å²) in [6.45, 7) is 0.401. The van der Waals surface area contributed by atoms with Crippen LogP contribution in [0.15, 0.2) is 42.6 Å². The second-order valence-corrected chi connectivity index (χ2v) is 5.03. The van der Waals surface area contributed by atoms with Crippen LogP contribution in [-0.4, -0.2) is 35.5 Å². The molecule has 1 unspecified atom stereocenters. The summed E-state index contributed by atoms with van der Waals surface area (Å²) in [6, 6.07) is 10.6. The molecule has 0 saturated carbocycles. The number of aromatic nitrogens is 2. The number of nitrogens with one attached hydrogen (secondary N) is 1. The van der Waals surface area contributed by atoms with E-state index < -0.39 is 11.9 Å². The lowest BCUT2D eigenvalue weighted by molar-refractivity contribution is -0.141. The Labute approximate surface area is 127 Å². The van der Waals surface area contributed by atoms with Gasteiger partial charge in [-0.2, -0.15) is 13.2 Å². The molecule has 0 fully saturated rings. The van der Waals surface area contributed by atoms with Crippen LogP contribution in [0.25, 0.3) is 0 Å². The summed E-state index contributed by atoms with van der Waals surface area (Å²) in [5, 5.41) is 2.87. The molecule has 0 saturated heterocycles. The summed E-state index contributed by atoms with van der Waals surface area (Å²) >= 11 is 0. The Morgan fingerprint density at radius 2 is 1.82 bits per heavy atom. The first-order chi connectivity index (χ1) is 10.4. The first-order valence-corrected chi connectivity index (χ1v) is 6.73. The molecule has 2 aromatic rings. The van der Waals surface area contributed by atoms with E-state index in [0.717, 1.165) is 17.8 Å². The molecule has 0 amide bonds. The highest BCUT2D eigenvalue weighted by atomic mass is 19.4. The monoisotopic (exact) mass is 310 g/mol. The standard InChI is InChI=1S/C15H17F3N4/c1-22(2)12(11-6-4-3-5-7-11)10-20-14-19-9-8-13(21-14)15(16,17)18/h3-9,12H,10H2,1-2H3,(H,19,20,21). The molecule has 1 N–H and O–H groups in total. The molecule has 0 spiro atoms. The molecule has 0 aliphatic carbocycles. The molecule has 1 atom stereocenters. The Hall–Kier alpha value is -2.15. The van der Waals surface area contributed by atoms with Gasteiger partial charge in [0.1, 0.15) is 5.69 Å². The molecule has 0 bridgehead atoms. The summed E-state index contributed by atoms with van der Waals surface area (Å²) in [7, 11) is 3.82. The Morgan fingerprint density at radius 3 is 2.41 bits per heavy atom. The highest BCUT2D eigenvalue weighted by Crippen LogP contribution is 2.27. The van der Waals surface area contributed by atoms with Crippen molar-refractivity contribution in [3.63, 3.8) is 0 Å². The number of halogens is 3. The highest BCUT2D eigenvalue weighted by molar-refractivity contribution is 5.28. The molecular weight excluding hydrogens is 293 g/mol. The van der Waals surface area contributed by atoms with Gasteiger partial charge >= 0.3 is 6.18 Å². The molecule has 0 radical (unpaired) electrons. The average Bonchev–Trinajstić information content (AvgIpc) is 2.48. The molecule has 4 nitrogen and oxygen atoms in total. The molecule has 1 aromatic heterocycles. The van der Waals surface area contributed by atoms with Crippen LogP contribution in [0, 0.1) is 0 Å². The minimum absolute atomic E-state index is 0.000608. The van der Waals surface area contributed by atoms with Gasteiger partial charge in [0.25, 0.3) is 0 Å². The molecule has 2 rings (SSSR count). The summed E-state index contributed by atoms with van der Waals surface area (Å²) in [4.78, 5) is 9.32. The van der Waals surface area contributed by atoms with E-state index in [4.69, 9.17) is 0 Å². The summed E-state index contributed by atoms with van der Waals surface area (Å²) in [5.74, 6) is -0.0300. The lowest BCUT2D eigenvalue weighted by Gasteiger charge is -2.25. The van der Waals surface area contributed by atoms with Crippen LogP contribution < -0.4 is 5.32 Å². The maximum atomic E-state index is 12.6. The van der Waals surface area contributed by atoms with E-state index in [0.29, 0.717) is 6.54 Å². The Morgan fingerprint density at radius 1 is 1.14 bits per heavy atom. The van der Waals surface area contributed by atoms with Crippen molar-refractivity contribution >= 4 is 5.95 Å². The predicted molar refractivity (Wildman–Crippen MR) is 78.4 cm³/mol. The quantitative estimate of drug-likeness (QED) is 0.921. The van der Waals surface area contributed by atoms with Crippen molar-refractivity contribution < 1.29 is 13.2 Å². The van der Waals surface area contributed by atoms with E-state index in [1.54, 1.807) is 0 Å². The number of hydrogen-bond acceptors (Lipinski definition) is 4. The van der Waals surface area contributed by atoms with Crippen LogP contribution in [0.4, 0.5) is 19.1 Å². The van der Waals surface area contributed by atoms with Crippen LogP contribution in [-0.2, 0) is 6.18 Å². The fourth-order valence-electron chi connectivity index (χ4n) is 2.06. The lowest BCUT2D eigenvalue weighted by Crippen LogP contribution is -2.27.